The van der Waals surface area contributed by atoms with Gasteiger partial charge in [-0.15, -0.1) is 51.9 Å². The molecule has 0 aromatic heterocycles. The van der Waals surface area contributed by atoms with Crippen LogP contribution in [-0.4, -0.2) is 152 Å². The first-order valence-electron chi connectivity index (χ1n) is 18.7. The average molecular weight is 1130 g/mol. The molecule has 0 aromatic rings. The molecule has 3 unspecified atom stereocenters. The van der Waals surface area contributed by atoms with Crippen LogP contribution in [0.4, 0.5) is 0 Å². The van der Waals surface area contributed by atoms with E-state index in [-0.39, 0.29) is 126 Å². The normalized spacial score (nSPS) is 18.4. The smallest absolute Gasteiger partial charge is 0.693 e. The molecule has 23 heteroatoms. The fourth-order valence-electron chi connectivity index (χ4n) is 6.58. The SMILES string of the molecule is C(CC[NH2+]CC1CCC[N-]C1)CC[NH2+]CC1CCC[N-]C1.C1=CC(C[NH2+]CCCCC[NH2+]CC2CCC[N-]C2)=C[N-]C1.O.O.O.O.O.O.O.O=[N+](O)O.[Cd+2].[Cd+2].[Cd].[NH2-]. The van der Waals surface area contributed by atoms with Gasteiger partial charge in [-0.05, 0) is 81.1 Å². The van der Waals surface area contributed by atoms with Crippen molar-refractivity contribution in [3.05, 3.63) is 56.2 Å². The van der Waals surface area contributed by atoms with Gasteiger partial charge in [0.25, 0.3) is 0 Å². The third-order valence-corrected chi connectivity index (χ3v) is 9.26. The summed E-state index contributed by atoms with van der Waals surface area (Å²) in [6, 6.07) is 0. The third-order valence-electron chi connectivity index (χ3n) is 9.26. The molecular weight excluding hydrogens is 1050 g/mol. The molecule has 3 atom stereocenters. The minimum atomic E-state index is -1.25. The summed E-state index contributed by atoms with van der Waals surface area (Å²) in [5, 5.41) is 40.3. The molecule has 0 saturated carbocycles. The number of rotatable bonds is 20. The number of nitrogens with zero attached hydrogens (tertiary/aromatic N) is 5. The molecule has 0 radical (unpaired) electrons. The summed E-state index contributed by atoms with van der Waals surface area (Å²) < 4.78 is 0. The molecule has 4 heterocycles. The van der Waals surface area contributed by atoms with Gasteiger partial charge in [-0.2, -0.15) is 6.20 Å². The van der Waals surface area contributed by atoms with Crippen LogP contribution in [0.1, 0.15) is 77.0 Å². The van der Waals surface area contributed by atoms with E-state index in [4.69, 9.17) is 15.3 Å². The van der Waals surface area contributed by atoms with Crippen molar-refractivity contribution in [3.63, 3.8) is 0 Å². The monoisotopic (exact) mass is 1140 g/mol. The minimum absolute atomic E-state index is 0. The van der Waals surface area contributed by atoms with Crippen LogP contribution in [0.2, 0.25) is 0 Å². The number of hydrogen-bond acceptors (Lipinski definition) is 1. The van der Waals surface area contributed by atoms with Crippen molar-refractivity contribution in [2.45, 2.75) is 77.0 Å². The maximum absolute atomic E-state index is 8.47. The Morgan fingerprint density at radius 3 is 1.21 bits per heavy atom. The van der Waals surface area contributed by atoms with Gasteiger partial charge in [0, 0.05) is 27.3 Å². The Morgan fingerprint density at radius 2 is 0.930 bits per heavy atom. The van der Waals surface area contributed by atoms with E-state index in [1.165, 1.54) is 128 Å². The maximum Gasteiger partial charge on any atom is 2.00 e. The van der Waals surface area contributed by atoms with Crippen LogP contribution in [0.25, 0.3) is 27.4 Å². The first-order valence-corrected chi connectivity index (χ1v) is 18.7. The van der Waals surface area contributed by atoms with E-state index in [2.05, 4.69) is 54.7 Å². The predicted molar refractivity (Wildman–Crippen MR) is 215 cm³/mol. The summed E-state index contributed by atoms with van der Waals surface area (Å²) >= 11 is 0. The second kappa shape index (κ2) is 60.9. The summed E-state index contributed by atoms with van der Waals surface area (Å²) in [6.07, 6.45) is 22.7. The Kier molecular flexibility index (Phi) is 87.1. The molecule has 334 valence electrons. The number of unbranched alkanes of at least 4 members (excludes halogenated alkanes) is 4. The van der Waals surface area contributed by atoms with Crippen molar-refractivity contribution in [1.82, 2.24) is 0 Å². The van der Waals surface area contributed by atoms with Gasteiger partial charge in [-0.3, -0.25) is 0 Å². The topological polar surface area (TPSA) is 437 Å². The van der Waals surface area contributed by atoms with E-state index in [0.717, 1.165) is 70.1 Å². The van der Waals surface area contributed by atoms with Crippen LogP contribution in [0.5, 0.6) is 0 Å². The van der Waals surface area contributed by atoms with Gasteiger partial charge in [0.15, 0.2) is 0 Å². The average Bonchev–Trinajstić information content (AvgIpc) is 3.09. The zero-order valence-electron chi connectivity index (χ0n) is 35.1. The molecular formula is C34H86Cd3N10O10+4. The Morgan fingerprint density at radius 1 is 0.596 bits per heavy atom. The molecule has 4 aliphatic heterocycles. The van der Waals surface area contributed by atoms with Crippen molar-refractivity contribution in [2.24, 2.45) is 17.8 Å². The molecule has 0 aliphatic carbocycles. The van der Waals surface area contributed by atoms with Crippen molar-refractivity contribution < 1.29 is 157 Å². The molecule has 4 rings (SSSR count). The Hall–Kier alpha value is 0.646. The minimum Gasteiger partial charge on any atom is -0.693 e. The van der Waals surface area contributed by atoms with Crippen LogP contribution in [0.3, 0.4) is 0 Å². The van der Waals surface area contributed by atoms with Crippen LogP contribution >= 0.6 is 0 Å². The van der Waals surface area contributed by atoms with Crippen molar-refractivity contribution in [1.29, 1.82) is 0 Å². The van der Waals surface area contributed by atoms with Gasteiger partial charge in [-0.1, -0.05) is 25.3 Å². The van der Waals surface area contributed by atoms with E-state index >= 15 is 0 Å². The molecule has 57 heavy (non-hydrogen) atoms. The zero-order valence-corrected chi connectivity index (χ0v) is 47.2. The van der Waals surface area contributed by atoms with Gasteiger partial charge in [0.05, 0.1) is 52.4 Å². The molecule has 0 spiro atoms. The summed E-state index contributed by atoms with van der Waals surface area (Å²) in [5.74, 6) is 2.59. The number of hydrogen-bond donors (Lipinski definition) is 6. The molecule has 0 bridgehead atoms. The summed E-state index contributed by atoms with van der Waals surface area (Å²) in [7, 11) is 0. The summed E-state index contributed by atoms with van der Waals surface area (Å²) in [6.45, 7) is 17.7. The predicted octanol–water partition coefficient (Wildman–Crippen LogP) is -3.77. The quantitative estimate of drug-likeness (QED) is 0.0407. The molecule has 4 aliphatic rings. The zero-order chi connectivity index (χ0) is 32.8. The molecule has 0 amide bonds. The van der Waals surface area contributed by atoms with Crippen LogP contribution in [0.15, 0.2) is 23.9 Å². The third kappa shape index (κ3) is 52.7. The van der Waals surface area contributed by atoms with Crippen LogP contribution in [0, 0.1) is 22.7 Å². The summed E-state index contributed by atoms with van der Waals surface area (Å²) in [4.78, 5) is 8.47. The van der Waals surface area contributed by atoms with Crippen LogP contribution in [-0.2, 0) is 81.9 Å². The van der Waals surface area contributed by atoms with Crippen molar-refractivity contribution >= 4 is 0 Å². The van der Waals surface area contributed by atoms with E-state index in [9.17, 15) is 0 Å². The standard InChI is InChI=1S/C17H34N4.C17H30N4.3Cd.H2NO3.H2N.7H2O/c2*1(2-8-18-12-16-6-4-10-20-14-16)3-9-19-13-17-7-5-11-21-15-17;;;;2-1(3)4;;;;;;;;/h16-19H,1-15H2;4,6,14,17-19H,1-3,5,7-13,15H2;;;;(H2,2,3,4);8*1H2/q2*-2;;2*+2;+1;-1;;;;;;;/p+4. The fourth-order valence-corrected chi connectivity index (χ4v) is 6.58. The Balaban J connectivity index is -0.0000000751. The van der Waals surface area contributed by atoms with Gasteiger partial charge < -0.3 is 87.0 Å². The van der Waals surface area contributed by atoms with E-state index < -0.39 is 5.09 Å². The molecule has 3 saturated heterocycles. The first kappa shape index (κ1) is 81.5. The molecule has 26 N–H and O–H groups in total. The number of piperidine rings is 3. The van der Waals surface area contributed by atoms with Crippen molar-refractivity contribution in [3.8, 4) is 0 Å². The van der Waals surface area contributed by atoms with E-state index in [1.807, 2.05) is 6.20 Å². The van der Waals surface area contributed by atoms with Crippen molar-refractivity contribution in [2.75, 3.05) is 98.2 Å². The van der Waals surface area contributed by atoms with Gasteiger partial charge in [0.2, 0.25) is 0 Å². The second-order valence-electron chi connectivity index (χ2n) is 13.5. The van der Waals surface area contributed by atoms with Crippen LogP contribution < -0.4 is 21.3 Å². The maximum atomic E-state index is 8.47. The van der Waals surface area contributed by atoms with Gasteiger partial charge in [0.1, 0.15) is 4.91 Å². The van der Waals surface area contributed by atoms with E-state index in [0.29, 0.717) is 0 Å². The Bertz CT molecular complexity index is 781. The molecule has 3 fully saturated rings. The fraction of sp³-hybridized carbons (Fsp3) is 0.882. The first-order chi connectivity index (χ1) is 22.6. The Labute approximate surface area is 403 Å². The number of quaternary nitrogens is 4. The molecule has 0 aromatic carbocycles. The summed E-state index contributed by atoms with van der Waals surface area (Å²) in [5.41, 5.74) is 1.35. The molecule has 20 nitrogen and oxygen atoms in total. The van der Waals surface area contributed by atoms with E-state index in [1.54, 1.807) is 0 Å². The number of nitrogens with two attached hydrogens (primary N) is 5. The van der Waals surface area contributed by atoms with Gasteiger partial charge >= 0.3 is 59.7 Å². The second-order valence-corrected chi connectivity index (χ2v) is 13.5. The van der Waals surface area contributed by atoms with Gasteiger partial charge in [-0.25, -0.2) is 10.4 Å². The largest absolute Gasteiger partial charge is 2.00 e.